The van der Waals surface area contributed by atoms with Gasteiger partial charge in [0.15, 0.2) is 6.73 Å². The molecule has 0 aromatic heterocycles. The van der Waals surface area contributed by atoms with Gasteiger partial charge in [0, 0.05) is 6.42 Å². The molecule has 0 aromatic carbocycles. The van der Waals surface area contributed by atoms with Crippen LogP contribution in [-0.2, 0) is 19.1 Å². The van der Waals surface area contributed by atoms with Crippen LogP contribution in [0.15, 0.2) is 11.8 Å². The van der Waals surface area contributed by atoms with Crippen molar-refractivity contribution in [3.63, 3.8) is 0 Å². The highest BCUT2D eigenvalue weighted by atomic mass is 16.5. The Balaban J connectivity index is 1.85. The number of fused-ring (bicyclic) bond motifs is 1. The van der Waals surface area contributed by atoms with E-state index in [9.17, 15) is 9.59 Å². The smallest absolute Gasteiger partial charge is 0.307 e. The van der Waals surface area contributed by atoms with Crippen LogP contribution in [0.2, 0.25) is 0 Å². The molecule has 82 valence electrons. The molecule has 0 saturated carbocycles. The molecule has 5 nitrogen and oxygen atoms in total. The van der Waals surface area contributed by atoms with Crippen LogP contribution in [0, 0.1) is 5.92 Å². The number of amides is 1. The summed E-state index contributed by atoms with van der Waals surface area (Å²) in [7, 11) is 1.55. The van der Waals surface area contributed by atoms with Crippen molar-refractivity contribution >= 4 is 11.9 Å². The van der Waals surface area contributed by atoms with Crippen molar-refractivity contribution < 1.29 is 19.1 Å². The first-order valence-corrected chi connectivity index (χ1v) is 4.90. The number of β-lactam (4-membered cyclic amide) rings is 1. The summed E-state index contributed by atoms with van der Waals surface area (Å²) in [6, 6.07) is 0.0668. The van der Waals surface area contributed by atoms with Crippen LogP contribution in [0.25, 0.3) is 0 Å². The molecule has 2 rings (SSSR count). The van der Waals surface area contributed by atoms with Gasteiger partial charge in [-0.2, -0.15) is 0 Å². The van der Waals surface area contributed by atoms with E-state index in [2.05, 4.69) is 0 Å². The molecule has 0 bridgehead atoms. The number of carbonyl (C=O) groups is 2. The van der Waals surface area contributed by atoms with E-state index in [0.717, 1.165) is 5.76 Å². The first-order valence-electron chi connectivity index (χ1n) is 4.90. The normalized spacial score (nSPS) is 27.2. The summed E-state index contributed by atoms with van der Waals surface area (Å²) in [6.07, 6.45) is 2.20. The fraction of sp³-hybridized carbons (Fsp3) is 0.600. The van der Waals surface area contributed by atoms with Crippen LogP contribution >= 0.6 is 0 Å². The molecule has 1 saturated heterocycles. The van der Waals surface area contributed by atoms with Crippen molar-refractivity contribution in [3.8, 4) is 0 Å². The van der Waals surface area contributed by atoms with Gasteiger partial charge in [-0.15, -0.1) is 0 Å². The minimum absolute atomic E-state index is 0.0248. The SMILES string of the molecule is CCC(=O)OCN1C(=O)[C@H]2C(OC)=C[C@H]21. The first-order chi connectivity index (χ1) is 7.19. The maximum atomic E-state index is 11.5. The third-order valence-electron chi connectivity index (χ3n) is 2.78. The van der Waals surface area contributed by atoms with Crippen LogP contribution in [0.3, 0.4) is 0 Å². The Hall–Kier alpha value is -1.52. The van der Waals surface area contributed by atoms with E-state index >= 15 is 0 Å². The molecule has 15 heavy (non-hydrogen) atoms. The molecular formula is C10H13NO4. The fourth-order valence-corrected chi connectivity index (χ4v) is 1.79. The second kappa shape index (κ2) is 3.56. The molecule has 1 aliphatic carbocycles. The zero-order valence-electron chi connectivity index (χ0n) is 8.73. The van der Waals surface area contributed by atoms with E-state index < -0.39 is 0 Å². The number of carbonyl (C=O) groups excluding carboxylic acids is 2. The molecule has 0 radical (unpaired) electrons. The van der Waals surface area contributed by atoms with Crippen molar-refractivity contribution in [1.82, 2.24) is 4.90 Å². The predicted octanol–water partition coefficient (Wildman–Crippen LogP) is 0.268. The van der Waals surface area contributed by atoms with Crippen molar-refractivity contribution in [3.05, 3.63) is 11.8 Å². The van der Waals surface area contributed by atoms with Gasteiger partial charge in [0.2, 0.25) is 5.91 Å². The zero-order valence-corrected chi connectivity index (χ0v) is 8.73. The summed E-state index contributed by atoms with van der Waals surface area (Å²) in [5.41, 5.74) is 0. The Morgan fingerprint density at radius 1 is 1.60 bits per heavy atom. The van der Waals surface area contributed by atoms with E-state index in [4.69, 9.17) is 9.47 Å². The van der Waals surface area contributed by atoms with Crippen LogP contribution < -0.4 is 0 Å². The molecule has 1 fully saturated rings. The molecule has 0 unspecified atom stereocenters. The molecule has 5 heteroatoms. The third-order valence-corrected chi connectivity index (χ3v) is 2.78. The van der Waals surface area contributed by atoms with Crippen LogP contribution in [-0.4, -0.2) is 36.7 Å². The van der Waals surface area contributed by atoms with Crippen LogP contribution in [0.4, 0.5) is 0 Å². The van der Waals surface area contributed by atoms with Gasteiger partial charge in [0.05, 0.1) is 13.2 Å². The minimum atomic E-state index is -0.290. The standard InChI is InChI=1S/C10H13NO4/c1-3-8(12)15-5-11-6-4-7(14-2)9(6)10(11)13/h4,6,9H,3,5H2,1-2H3/t6-,9-/m1/s1. The lowest BCUT2D eigenvalue weighted by Crippen LogP contribution is -2.65. The summed E-state index contributed by atoms with van der Waals surface area (Å²) in [4.78, 5) is 23.9. The Morgan fingerprint density at radius 3 is 2.87 bits per heavy atom. The highest BCUT2D eigenvalue weighted by Crippen LogP contribution is 2.42. The Labute approximate surface area is 87.6 Å². The number of likely N-dealkylation sites (tertiary alicyclic amines) is 1. The molecule has 1 aliphatic heterocycles. The zero-order chi connectivity index (χ0) is 11.0. The Kier molecular flexibility index (Phi) is 2.38. The molecule has 0 aromatic rings. The largest absolute Gasteiger partial charge is 0.500 e. The lowest BCUT2D eigenvalue weighted by molar-refractivity contribution is -0.172. The lowest BCUT2D eigenvalue weighted by Gasteiger charge is -2.50. The summed E-state index contributed by atoms with van der Waals surface area (Å²) in [6.45, 7) is 1.77. The summed E-state index contributed by atoms with van der Waals surface area (Å²) in [5.74, 6) is 0.281. The minimum Gasteiger partial charge on any atom is -0.500 e. The number of hydrogen-bond acceptors (Lipinski definition) is 4. The molecule has 0 N–H and O–H groups in total. The highest BCUT2D eigenvalue weighted by molar-refractivity contribution is 5.92. The number of hydrogen-bond donors (Lipinski definition) is 0. The van der Waals surface area contributed by atoms with Crippen LogP contribution in [0.1, 0.15) is 13.3 Å². The monoisotopic (exact) mass is 211 g/mol. The predicted molar refractivity (Wildman–Crippen MR) is 50.5 cm³/mol. The average molecular weight is 211 g/mol. The fourth-order valence-electron chi connectivity index (χ4n) is 1.79. The second-order valence-corrected chi connectivity index (χ2v) is 3.55. The summed E-state index contributed by atoms with van der Waals surface area (Å²) in [5, 5.41) is 0. The second-order valence-electron chi connectivity index (χ2n) is 3.55. The molecule has 2 aliphatic rings. The molecular weight excluding hydrogens is 198 g/mol. The van der Waals surface area contributed by atoms with Crippen molar-refractivity contribution in [2.45, 2.75) is 19.4 Å². The van der Waals surface area contributed by atoms with Crippen molar-refractivity contribution in [2.75, 3.05) is 13.8 Å². The number of methoxy groups -OCH3 is 1. The summed E-state index contributed by atoms with van der Waals surface area (Å²) >= 11 is 0. The number of esters is 1. The number of rotatable bonds is 4. The van der Waals surface area contributed by atoms with Gasteiger partial charge in [0.25, 0.3) is 0 Å². The van der Waals surface area contributed by atoms with Gasteiger partial charge in [-0.3, -0.25) is 9.59 Å². The summed E-state index contributed by atoms with van der Waals surface area (Å²) < 4.78 is 9.87. The lowest BCUT2D eigenvalue weighted by atomic mass is 9.76. The third kappa shape index (κ3) is 1.38. The van der Waals surface area contributed by atoms with Gasteiger partial charge in [-0.05, 0) is 6.08 Å². The topological polar surface area (TPSA) is 55.8 Å². The number of ether oxygens (including phenoxy) is 2. The van der Waals surface area contributed by atoms with E-state index in [1.807, 2.05) is 6.08 Å². The highest BCUT2D eigenvalue weighted by Gasteiger charge is 2.55. The average Bonchev–Trinajstić information content (AvgIpc) is 2.21. The van der Waals surface area contributed by atoms with Gasteiger partial charge >= 0.3 is 5.97 Å². The van der Waals surface area contributed by atoms with Crippen LogP contribution in [0.5, 0.6) is 0 Å². The molecule has 1 amide bonds. The molecule has 2 atom stereocenters. The maximum Gasteiger partial charge on any atom is 0.307 e. The van der Waals surface area contributed by atoms with Crippen molar-refractivity contribution in [2.24, 2.45) is 5.92 Å². The Bertz CT molecular complexity index is 336. The van der Waals surface area contributed by atoms with Gasteiger partial charge in [-0.1, -0.05) is 6.92 Å². The van der Waals surface area contributed by atoms with Gasteiger partial charge < -0.3 is 14.4 Å². The first kappa shape index (κ1) is 10.0. The maximum absolute atomic E-state index is 11.5. The van der Waals surface area contributed by atoms with E-state index in [1.165, 1.54) is 4.90 Å². The molecule has 0 spiro atoms. The van der Waals surface area contributed by atoms with Gasteiger partial charge in [-0.25, -0.2) is 0 Å². The molecule has 1 heterocycles. The van der Waals surface area contributed by atoms with E-state index in [-0.39, 0.29) is 30.6 Å². The quantitative estimate of drug-likeness (QED) is 0.494. The van der Waals surface area contributed by atoms with Gasteiger partial charge in [0.1, 0.15) is 11.7 Å². The van der Waals surface area contributed by atoms with Crippen molar-refractivity contribution in [1.29, 1.82) is 0 Å². The van der Waals surface area contributed by atoms with E-state index in [1.54, 1.807) is 14.0 Å². The Morgan fingerprint density at radius 2 is 2.33 bits per heavy atom. The number of nitrogens with zero attached hydrogens (tertiary/aromatic N) is 1. The van der Waals surface area contributed by atoms with E-state index in [0.29, 0.717) is 6.42 Å².